The van der Waals surface area contributed by atoms with E-state index < -0.39 is 15.6 Å². The topological polar surface area (TPSA) is 83.6 Å². The molecular weight excluding hydrogens is 284 g/mol. The number of hydrogen-bond acceptors (Lipinski definition) is 4. The van der Waals surface area contributed by atoms with Crippen LogP contribution in [0.5, 0.6) is 0 Å². The number of nitrogens with two attached hydrogens (primary N) is 1. The summed E-state index contributed by atoms with van der Waals surface area (Å²) in [6.45, 7) is 2.97. The van der Waals surface area contributed by atoms with Gasteiger partial charge in [0, 0.05) is 12.6 Å². The van der Waals surface area contributed by atoms with Crippen molar-refractivity contribution in [1.29, 1.82) is 0 Å². The van der Waals surface area contributed by atoms with Crippen LogP contribution in [0.1, 0.15) is 19.4 Å². The summed E-state index contributed by atoms with van der Waals surface area (Å²) >= 11 is 4.87. The molecule has 0 fully saturated rings. The molecule has 0 aliphatic carbocycles. The first-order valence-electron chi connectivity index (χ1n) is 5.63. The third-order valence-electron chi connectivity index (χ3n) is 3.03. The fourth-order valence-electron chi connectivity index (χ4n) is 1.47. The Morgan fingerprint density at radius 1 is 1.42 bits per heavy atom. The lowest BCUT2D eigenvalue weighted by molar-refractivity contribution is 0.138. The molecule has 1 aromatic carbocycles. The number of rotatable bonds is 5. The molecule has 0 amide bonds. The second-order valence-electron chi connectivity index (χ2n) is 4.80. The van der Waals surface area contributed by atoms with Gasteiger partial charge in [-0.15, -0.1) is 0 Å². The van der Waals surface area contributed by atoms with Crippen molar-refractivity contribution in [2.75, 3.05) is 13.7 Å². The van der Waals surface area contributed by atoms with E-state index in [1.54, 1.807) is 32.0 Å². The maximum atomic E-state index is 12.6. The van der Waals surface area contributed by atoms with Crippen LogP contribution in [0.25, 0.3) is 0 Å². The van der Waals surface area contributed by atoms with Crippen LogP contribution in [-0.4, -0.2) is 42.0 Å². The number of sulfonamides is 1. The molecule has 106 valence electrons. The molecule has 0 radical (unpaired) electrons. The Bertz CT molecular complexity index is 582. The van der Waals surface area contributed by atoms with Crippen molar-refractivity contribution in [3.05, 3.63) is 29.8 Å². The minimum Gasteiger partial charge on any atom is -0.394 e. The zero-order chi connectivity index (χ0) is 14.8. The van der Waals surface area contributed by atoms with Crippen LogP contribution < -0.4 is 5.73 Å². The molecule has 0 aliphatic heterocycles. The summed E-state index contributed by atoms with van der Waals surface area (Å²) in [5.74, 6) is 0. The maximum Gasteiger partial charge on any atom is 0.244 e. The van der Waals surface area contributed by atoms with Crippen molar-refractivity contribution in [3.63, 3.8) is 0 Å². The number of benzene rings is 1. The Morgan fingerprint density at radius 2 is 1.95 bits per heavy atom. The zero-order valence-electron chi connectivity index (χ0n) is 11.1. The largest absolute Gasteiger partial charge is 0.394 e. The highest BCUT2D eigenvalue weighted by molar-refractivity contribution is 7.89. The lowest BCUT2D eigenvalue weighted by atomic mass is 10.1. The fourth-order valence-corrected chi connectivity index (χ4v) is 3.42. The molecule has 3 N–H and O–H groups in total. The standard InChI is InChI=1S/C12H18N2O3S2/c1-12(2,8-15)14(3)19(16,17)10-7-5-4-6-9(10)11(13)18/h4-7,15H,8H2,1-3H3,(H2,13,18). The molecule has 0 aliphatic rings. The SMILES string of the molecule is CN(C(C)(C)CO)S(=O)(=O)c1ccccc1C(N)=S. The first-order chi connectivity index (χ1) is 8.64. The average molecular weight is 302 g/mol. The molecule has 0 atom stereocenters. The predicted octanol–water partition coefficient (Wildman–Crippen LogP) is 0.712. The number of thiocarbonyl (C=S) groups is 1. The summed E-state index contributed by atoms with van der Waals surface area (Å²) in [6.07, 6.45) is 0. The Morgan fingerprint density at radius 3 is 2.42 bits per heavy atom. The van der Waals surface area contributed by atoms with E-state index in [-0.39, 0.29) is 16.5 Å². The molecule has 7 heteroatoms. The second kappa shape index (κ2) is 5.54. The van der Waals surface area contributed by atoms with Crippen LogP contribution >= 0.6 is 12.2 Å². The third kappa shape index (κ3) is 3.11. The minimum absolute atomic E-state index is 0.0226. The summed E-state index contributed by atoms with van der Waals surface area (Å²) in [4.78, 5) is 0.0703. The van der Waals surface area contributed by atoms with Crippen LogP contribution in [0.15, 0.2) is 29.2 Å². The molecule has 0 saturated heterocycles. The molecule has 0 saturated carbocycles. The van der Waals surface area contributed by atoms with E-state index in [2.05, 4.69) is 0 Å². The molecule has 0 bridgehead atoms. The van der Waals surface area contributed by atoms with Crippen LogP contribution in [0.3, 0.4) is 0 Å². The molecule has 0 aromatic heterocycles. The van der Waals surface area contributed by atoms with Gasteiger partial charge in [-0.1, -0.05) is 30.4 Å². The van der Waals surface area contributed by atoms with Crippen LogP contribution in [0, 0.1) is 0 Å². The number of likely N-dealkylation sites (N-methyl/N-ethyl adjacent to an activating group) is 1. The minimum atomic E-state index is -3.78. The van der Waals surface area contributed by atoms with Gasteiger partial charge < -0.3 is 10.8 Å². The van der Waals surface area contributed by atoms with E-state index in [1.165, 1.54) is 13.1 Å². The Hall–Kier alpha value is -1.02. The van der Waals surface area contributed by atoms with E-state index in [1.807, 2.05) is 0 Å². The molecule has 1 aromatic rings. The first kappa shape index (κ1) is 16.0. The van der Waals surface area contributed by atoms with Crippen LogP contribution in [0.2, 0.25) is 0 Å². The third-order valence-corrected chi connectivity index (χ3v) is 5.38. The van der Waals surface area contributed by atoms with Gasteiger partial charge in [-0.2, -0.15) is 4.31 Å². The fraction of sp³-hybridized carbons (Fsp3) is 0.417. The average Bonchev–Trinajstić information content (AvgIpc) is 2.37. The Kier molecular flexibility index (Phi) is 4.67. The summed E-state index contributed by atoms with van der Waals surface area (Å²) in [6, 6.07) is 6.29. The van der Waals surface area contributed by atoms with Crippen molar-refractivity contribution in [2.45, 2.75) is 24.3 Å². The Labute approximate surface area is 119 Å². The van der Waals surface area contributed by atoms with Crippen molar-refractivity contribution in [1.82, 2.24) is 4.31 Å². The summed E-state index contributed by atoms with van der Waals surface area (Å²) in [5.41, 5.74) is 4.94. The molecular formula is C12H18N2O3S2. The van der Waals surface area contributed by atoms with Crippen molar-refractivity contribution in [2.24, 2.45) is 5.73 Å². The highest BCUT2D eigenvalue weighted by Crippen LogP contribution is 2.25. The van der Waals surface area contributed by atoms with Gasteiger partial charge in [0.15, 0.2) is 0 Å². The van der Waals surface area contributed by atoms with Gasteiger partial charge in [0.1, 0.15) is 4.99 Å². The molecule has 19 heavy (non-hydrogen) atoms. The lowest BCUT2D eigenvalue weighted by Gasteiger charge is -2.33. The Balaban J connectivity index is 3.41. The number of hydrogen-bond donors (Lipinski definition) is 2. The van der Waals surface area contributed by atoms with E-state index >= 15 is 0 Å². The molecule has 0 unspecified atom stereocenters. The summed E-state index contributed by atoms with van der Waals surface area (Å²) < 4.78 is 26.2. The monoisotopic (exact) mass is 302 g/mol. The number of aliphatic hydroxyl groups is 1. The highest BCUT2D eigenvalue weighted by atomic mass is 32.2. The van der Waals surface area contributed by atoms with Gasteiger partial charge in [-0.3, -0.25) is 0 Å². The second-order valence-corrected chi connectivity index (χ2v) is 7.18. The lowest BCUT2D eigenvalue weighted by Crippen LogP contribution is -2.47. The van der Waals surface area contributed by atoms with E-state index in [4.69, 9.17) is 18.0 Å². The van der Waals surface area contributed by atoms with Crippen LogP contribution in [-0.2, 0) is 10.0 Å². The highest BCUT2D eigenvalue weighted by Gasteiger charge is 2.34. The van der Waals surface area contributed by atoms with Crippen molar-refractivity contribution < 1.29 is 13.5 Å². The van der Waals surface area contributed by atoms with Crippen molar-refractivity contribution >= 4 is 27.2 Å². The molecule has 0 spiro atoms. The van der Waals surface area contributed by atoms with Gasteiger partial charge in [-0.25, -0.2) is 8.42 Å². The van der Waals surface area contributed by atoms with Crippen LogP contribution in [0.4, 0.5) is 0 Å². The quantitative estimate of drug-likeness (QED) is 0.783. The molecule has 0 heterocycles. The molecule has 1 rings (SSSR count). The smallest absolute Gasteiger partial charge is 0.244 e. The van der Waals surface area contributed by atoms with E-state index in [0.717, 1.165) is 4.31 Å². The van der Waals surface area contributed by atoms with E-state index in [9.17, 15) is 13.5 Å². The number of nitrogens with zero attached hydrogens (tertiary/aromatic N) is 1. The maximum absolute atomic E-state index is 12.6. The zero-order valence-corrected chi connectivity index (χ0v) is 12.8. The van der Waals surface area contributed by atoms with E-state index in [0.29, 0.717) is 5.56 Å². The first-order valence-corrected chi connectivity index (χ1v) is 7.48. The van der Waals surface area contributed by atoms with Gasteiger partial charge in [-0.05, 0) is 19.9 Å². The number of aliphatic hydroxyl groups excluding tert-OH is 1. The van der Waals surface area contributed by atoms with Gasteiger partial charge in [0.2, 0.25) is 10.0 Å². The van der Waals surface area contributed by atoms with Gasteiger partial charge in [0.25, 0.3) is 0 Å². The van der Waals surface area contributed by atoms with Gasteiger partial charge in [0.05, 0.1) is 17.0 Å². The molecule has 5 nitrogen and oxygen atoms in total. The summed E-state index contributed by atoms with van der Waals surface area (Å²) in [5, 5.41) is 9.30. The predicted molar refractivity (Wildman–Crippen MR) is 78.4 cm³/mol. The summed E-state index contributed by atoms with van der Waals surface area (Å²) in [7, 11) is -2.36. The normalized spacial score (nSPS) is 12.7. The van der Waals surface area contributed by atoms with Crippen molar-refractivity contribution in [3.8, 4) is 0 Å². The van der Waals surface area contributed by atoms with Gasteiger partial charge >= 0.3 is 0 Å².